The van der Waals surface area contributed by atoms with Crippen LogP contribution in [-0.2, 0) is 6.42 Å². The molecule has 0 aromatic carbocycles. The van der Waals surface area contributed by atoms with Crippen molar-refractivity contribution in [3.63, 3.8) is 0 Å². The lowest BCUT2D eigenvalue weighted by Crippen LogP contribution is -1.98. The van der Waals surface area contributed by atoms with Crippen LogP contribution in [-0.4, -0.2) is 15.0 Å². The first-order valence-corrected chi connectivity index (χ1v) is 5.04. The number of fused-ring (bicyclic) bond motifs is 1. The Kier molecular flexibility index (Phi) is 2.23. The summed E-state index contributed by atoms with van der Waals surface area (Å²) in [4.78, 5) is 11.7. The topological polar surface area (TPSA) is 41.6 Å². The quantitative estimate of drug-likeness (QED) is 0.789. The van der Waals surface area contributed by atoms with Gasteiger partial charge in [0.2, 0.25) is 0 Å². The number of hydrogen-bond acceptors (Lipinski definition) is 2. The van der Waals surface area contributed by atoms with Gasteiger partial charge in [0.15, 0.2) is 5.65 Å². The fourth-order valence-electron chi connectivity index (χ4n) is 1.84. The van der Waals surface area contributed by atoms with Crippen molar-refractivity contribution in [2.45, 2.75) is 33.1 Å². The SMILES string of the molecule is CCc1c(C(C)C)cnc2nc[nH]c12. The molecule has 0 fully saturated rings. The first kappa shape index (κ1) is 9.19. The van der Waals surface area contributed by atoms with Gasteiger partial charge in [-0.1, -0.05) is 20.8 Å². The molecule has 0 saturated heterocycles. The van der Waals surface area contributed by atoms with Crippen LogP contribution in [0.2, 0.25) is 0 Å². The molecule has 0 radical (unpaired) electrons. The maximum Gasteiger partial charge on any atom is 0.177 e. The van der Waals surface area contributed by atoms with Crippen LogP contribution in [0.5, 0.6) is 0 Å². The number of imidazole rings is 1. The minimum absolute atomic E-state index is 0.519. The highest BCUT2D eigenvalue weighted by atomic mass is 14.9. The van der Waals surface area contributed by atoms with E-state index in [1.54, 1.807) is 6.33 Å². The molecule has 0 amide bonds. The van der Waals surface area contributed by atoms with Crippen LogP contribution in [0.15, 0.2) is 12.5 Å². The van der Waals surface area contributed by atoms with E-state index in [1.807, 2.05) is 6.20 Å². The zero-order valence-electron chi connectivity index (χ0n) is 8.83. The molecule has 14 heavy (non-hydrogen) atoms. The number of rotatable bonds is 2. The molecule has 2 aromatic rings. The fourth-order valence-corrected chi connectivity index (χ4v) is 1.84. The Bertz CT molecular complexity index is 443. The molecule has 1 N–H and O–H groups in total. The number of nitrogens with one attached hydrogen (secondary N) is 1. The lowest BCUT2D eigenvalue weighted by molar-refractivity contribution is 0.840. The van der Waals surface area contributed by atoms with Crippen LogP contribution < -0.4 is 0 Å². The standard InChI is InChI=1S/C11H15N3/c1-4-8-9(7(2)3)5-12-11-10(8)13-6-14-11/h5-7H,4H2,1-3H3,(H,12,13,14). The van der Waals surface area contributed by atoms with Gasteiger partial charge in [-0.25, -0.2) is 9.97 Å². The summed E-state index contributed by atoms with van der Waals surface area (Å²) in [6.45, 7) is 6.55. The van der Waals surface area contributed by atoms with Gasteiger partial charge in [-0.2, -0.15) is 0 Å². The van der Waals surface area contributed by atoms with E-state index in [1.165, 1.54) is 11.1 Å². The number of aryl methyl sites for hydroxylation is 1. The minimum atomic E-state index is 0.519. The summed E-state index contributed by atoms with van der Waals surface area (Å²) in [6.07, 6.45) is 4.68. The monoisotopic (exact) mass is 189 g/mol. The Morgan fingerprint density at radius 1 is 1.36 bits per heavy atom. The van der Waals surface area contributed by atoms with Crippen molar-refractivity contribution in [1.29, 1.82) is 0 Å². The molecular formula is C11H15N3. The average Bonchev–Trinajstić information content (AvgIpc) is 2.63. The number of nitrogens with zero attached hydrogens (tertiary/aromatic N) is 2. The van der Waals surface area contributed by atoms with Crippen LogP contribution in [0, 0.1) is 0 Å². The molecule has 74 valence electrons. The molecule has 0 aliphatic carbocycles. The Morgan fingerprint density at radius 2 is 2.14 bits per heavy atom. The lowest BCUT2D eigenvalue weighted by Gasteiger charge is -2.10. The largest absolute Gasteiger partial charge is 0.343 e. The Balaban J connectivity index is 2.72. The molecule has 0 spiro atoms. The third-order valence-electron chi connectivity index (χ3n) is 2.57. The van der Waals surface area contributed by atoms with Gasteiger partial charge in [0, 0.05) is 6.20 Å². The Labute approximate surface area is 83.6 Å². The Morgan fingerprint density at radius 3 is 2.79 bits per heavy atom. The van der Waals surface area contributed by atoms with Gasteiger partial charge in [-0.3, -0.25) is 0 Å². The maximum atomic E-state index is 4.33. The number of H-pyrrole nitrogens is 1. The van der Waals surface area contributed by atoms with Crippen molar-refractivity contribution >= 4 is 11.2 Å². The zero-order valence-corrected chi connectivity index (χ0v) is 8.83. The predicted molar refractivity (Wildman–Crippen MR) is 57.4 cm³/mol. The first-order chi connectivity index (χ1) is 6.74. The summed E-state index contributed by atoms with van der Waals surface area (Å²) in [5, 5.41) is 0. The molecule has 3 nitrogen and oxygen atoms in total. The van der Waals surface area contributed by atoms with E-state index >= 15 is 0 Å². The zero-order chi connectivity index (χ0) is 10.1. The van der Waals surface area contributed by atoms with Gasteiger partial charge in [0.25, 0.3) is 0 Å². The van der Waals surface area contributed by atoms with Crippen molar-refractivity contribution in [3.05, 3.63) is 23.7 Å². The van der Waals surface area contributed by atoms with E-state index in [-0.39, 0.29) is 0 Å². The van der Waals surface area contributed by atoms with Crippen molar-refractivity contribution in [3.8, 4) is 0 Å². The van der Waals surface area contributed by atoms with E-state index < -0.39 is 0 Å². The molecule has 0 saturated carbocycles. The summed E-state index contributed by atoms with van der Waals surface area (Å²) in [7, 11) is 0. The Hall–Kier alpha value is -1.38. The molecule has 3 heteroatoms. The fraction of sp³-hybridized carbons (Fsp3) is 0.455. The molecule has 0 bridgehead atoms. The van der Waals surface area contributed by atoms with Crippen molar-refractivity contribution < 1.29 is 0 Å². The van der Waals surface area contributed by atoms with Crippen molar-refractivity contribution in [2.75, 3.05) is 0 Å². The van der Waals surface area contributed by atoms with Gasteiger partial charge < -0.3 is 4.98 Å². The van der Waals surface area contributed by atoms with Gasteiger partial charge >= 0.3 is 0 Å². The van der Waals surface area contributed by atoms with Gasteiger partial charge in [-0.05, 0) is 23.5 Å². The van der Waals surface area contributed by atoms with Crippen LogP contribution >= 0.6 is 0 Å². The molecule has 0 atom stereocenters. The molecule has 0 aliphatic rings. The maximum absolute atomic E-state index is 4.33. The summed E-state index contributed by atoms with van der Waals surface area (Å²) in [5.41, 5.74) is 4.59. The predicted octanol–water partition coefficient (Wildman–Crippen LogP) is 2.64. The van der Waals surface area contributed by atoms with Crippen LogP contribution in [0.1, 0.15) is 37.8 Å². The van der Waals surface area contributed by atoms with E-state index in [4.69, 9.17) is 0 Å². The van der Waals surface area contributed by atoms with Crippen molar-refractivity contribution in [2.24, 2.45) is 0 Å². The average molecular weight is 189 g/mol. The van der Waals surface area contributed by atoms with Crippen molar-refractivity contribution in [1.82, 2.24) is 15.0 Å². The number of pyridine rings is 1. The van der Waals surface area contributed by atoms with E-state index in [0.717, 1.165) is 17.6 Å². The highest BCUT2D eigenvalue weighted by Crippen LogP contribution is 2.24. The summed E-state index contributed by atoms with van der Waals surface area (Å²) in [6, 6.07) is 0. The van der Waals surface area contributed by atoms with Crippen LogP contribution in [0.4, 0.5) is 0 Å². The second-order valence-electron chi connectivity index (χ2n) is 3.80. The smallest absolute Gasteiger partial charge is 0.177 e. The summed E-state index contributed by atoms with van der Waals surface area (Å²) < 4.78 is 0. The molecule has 0 unspecified atom stereocenters. The molecular weight excluding hydrogens is 174 g/mol. The number of aromatic amines is 1. The lowest BCUT2D eigenvalue weighted by atomic mass is 9.97. The molecule has 2 aromatic heterocycles. The minimum Gasteiger partial charge on any atom is -0.343 e. The molecule has 2 heterocycles. The highest BCUT2D eigenvalue weighted by Gasteiger charge is 2.11. The molecule has 0 aliphatic heterocycles. The van der Waals surface area contributed by atoms with E-state index in [2.05, 4.69) is 35.7 Å². The summed E-state index contributed by atoms with van der Waals surface area (Å²) >= 11 is 0. The third kappa shape index (κ3) is 1.29. The van der Waals surface area contributed by atoms with E-state index in [0.29, 0.717) is 5.92 Å². The first-order valence-electron chi connectivity index (χ1n) is 5.04. The number of hydrogen-bond donors (Lipinski definition) is 1. The van der Waals surface area contributed by atoms with Gasteiger partial charge in [0.1, 0.15) is 0 Å². The number of aromatic nitrogens is 3. The molecule has 2 rings (SSSR count). The second kappa shape index (κ2) is 3.40. The normalized spacial score (nSPS) is 11.4. The van der Waals surface area contributed by atoms with Gasteiger partial charge in [0.05, 0.1) is 11.8 Å². The van der Waals surface area contributed by atoms with Crippen LogP contribution in [0.25, 0.3) is 11.2 Å². The second-order valence-corrected chi connectivity index (χ2v) is 3.80. The van der Waals surface area contributed by atoms with Crippen LogP contribution in [0.3, 0.4) is 0 Å². The van der Waals surface area contributed by atoms with E-state index in [9.17, 15) is 0 Å². The van der Waals surface area contributed by atoms with Gasteiger partial charge in [-0.15, -0.1) is 0 Å². The summed E-state index contributed by atoms with van der Waals surface area (Å²) in [5.74, 6) is 0.519. The highest BCUT2D eigenvalue weighted by molar-refractivity contribution is 5.75. The third-order valence-corrected chi connectivity index (χ3v) is 2.57.